The highest BCUT2D eigenvalue weighted by atomic mass is 35.5. The van der Waals surface area contributed by atoms with Crippen molar-refractivity contribution in [3.8, 4) is 5.75 Å². The molecule has 0 aliphatic rings. The molecule has 1 atom stereocenters. The van der Waals surface area contributed by atoms with Gasteiger partial charge in [0.1, 0.15) is 18.5 Å². The molecule has 6 heteroatoms. The van der Waals surface area contributed by atoms with Crippen molar-refractivity contribution in [3.63, 3.8) is 0 Å². The van der Waals surface area contributed by atoms with Crippen LogP contribution in [0.1, 0.15) is 10.4 Å². The van der Waals surface area contributed by atoms with E-state index in [9.17, 15) is 4.79 Å². The van der Waals surface area contributed by atoms with E-state index in [1.54, 1.807) is 0 Å². The molecule has 1 aromatic rings. The number of carbonyl (C=O) groups is 1. The maximum absolute atomic E-state index is 10.6. The molecule has 0 saturated heterocycles. The van der Waals surface area contributed by atoms with E-state index in [2.05, 4.69) is 0 Å². The van der Waals surface area contributed by atoms with Gasteiger partial charge in [-0.15, -0.1) is 0 Å². The van der Waals surface area contributed by atoms with Gasteiger partial charge in [0.05, 0.1) is 17.2 Å². The zero-order chi connectivity index (χ0) is 12.1. The minimum Gasteiger partial charge on any atom is -0.489 e. The summed E-state index contributed by atoms with van der Waals surface area (Å²) in [5.74, 6) is -0.817. The second-order valence-corrected chi connectivity index (χ2v) is 3.50. The first kappa shape index (κ1) is 12.8. The van der Waals surface area contributed by atoms with E-state index in [-0.39, 0.29) is 22.9 Å². The second-order valence-electron chi connectivity index (χ2n) is 3.10. The number of hydrogen-bond donors (Lipinski definition) is 3. The largest absolute Gasteiger partial charge is 0.489 e. The van der Waals surface area contributed by atoms with Crippen molar-refractivity contribution in [1.29, 1.82) is 0 Å². The van der Waals surface area contributed by atoms with Gasteiger partial charge in [0, 0.05) is 0 Å². The van der Waals surface area contributed by atoms with Crippen LogP contribution in [0.5, 0.6) is 5.75 Å². The van der Waals surface area contributed by atoms with E-state index in [1.807, 2.05) is 0 Å². The van der Waals surface area contributed by atoms with Crippen molar-refractivity contribution in [3.05, 3.63) is 28.8 Å². The summed E-state index contributed by atoms with van der Waals surface area (Å²) in [6.07, 6.45) is -0.991. The molecule has 0 saturated carbocycles. The van der Waals surface area contributed by atoms with E-state index in [1.165, 1.54) is 18.2 Å². The molecule has 0 aliphatic carbocycles. The minimum absolute atomic E-state index is 0.0556. The van der Waals surface area contributed by atoms with Gasteiger partial charge in [0.2, 0.25) is 0 Å². The quantitative estimate of drug-likeness (QED) is 0.714. The van der Waals surface area contributed by atoms with Gasteiger partial charge in [-0.3, -0.25) is 0 Å². The number of aliphatic hydroxyl groups excluding tert-OH is 2. The molecule has 0 amide bonds. The highest BCUT2D eigenvalue weighted by Gasteiger charge is 2.09. The fourth-order valence-corrected chi connectivity index (χ4v) is 1.22. The van der Waals surface area contributed by atoms with Crippen molar-refractivity contribution in [2.45, 2.75) is 6.10 Å². The van der Waals surface area contributed by atoms with Crippen LogP contribution in [0.25, 0.3) is 0 Å². The summed E-state index contributed by atoms with van der Waals surface area (Å²) in [4.78, 5) is 10.6. The standard InChI is InChI=1S/C10H11ClO5/c11-8-3-6(10(14)15)1-2-9(8)16-5-7(13)4-12/h1-3,7,12-13H,4-5H2,(H,14,15). The van der Waals surface area contributed by atoms with E-state index in [0.29, 0.717) is 0 Å². The third-order valence-electron chi connectivity index (χ3n) is 1.82. The van der Waals surface area contributed by atoms with Crippen LogP contribution in [-0.4, -0.2) is 40.6 Å². The van der Waals surface area contributed by atoms with Crippen LogP contribution in [0.2, 0.25) is 5.02 Å². The van der Waals surface area contributed by atoms with Gasteiger partial charge in [0.15, 0.2) is 0 Å². The van der Waals surface area contributed by atoms with Crippen LogP contribution in [0.4, 0.5) is 0 Å². The number of aliphatic hydroxyl groups is 2. The number of aromatic carboxylic acids is 1. The molecule has 3 N–H and O–H groups in total. The maximum atomic E-state index is 10.6. The maximum Gasteiger partial charge on any atom is 0.335 e. The first-order chi connectivity index (χ1) is 7.54. The molecule has 0 aliphatic heterocycles. The van der Waals surface area contributed by atoms with Crippen molar-refractivity contribution < 1.29 is 24.9 Å². The zero-order valence-corrected chi connectivity index (χ0v) is 9.02. The molecule has 0 heterocycles. The molecule has 5 nitrogen and oxygen atoms in total. The van der Waals surface area contributed by atoms with Gasteiger partial charge in [0.25, 0.3) is 0 Å². The Morgan fingerprint density at radius 1 is 1.50 bits per heavy atom. The molecule has 1 unspecified atom stereocenters. The first-order valence-electron chi connectivity index (χ1n) is 4.49. The molecule has 0 bridgehead atoms. The number of hydrogen-bond acceptors (Lipinski definition) is 4. The molecular formula is C10H11ClO5. The molecule has 88 valence electrons. The third-order valence-corrected chi connectivity index (χ3v) is 2.12. The number of ether oxygens (including phenoxy) is 1. The van der Waals surface area contributed by atoms with Gasteiger partial charge in [-0.25, -0.2) is 4.79 Å². The highest BCUT2D eigenvalue weighted by molar-refractivity contribution is 6.32. The Bertz CT molecular complexity index is 379. The van der Waals surface area contributed by atoms with Crippen LogP contribution < -0.4 is 4.74 Å². The monoisotopic (exact) mass is 246 g/mol. The summed E-state index contributed by atoms with van der Waals surface area (Å²) in [5.41, 5.74) is 0.0556. The number of halogens is 1. The van der Waals surface area contributed by atoms with Crippen molar-refractivity contribution >= 4 is 17.6 Å². The van der Waals surface area contributed by atoms with E-state index < -0.39 is 18.7 Å². The zero-order valence-electron chi connectivity index (χ0n) is 8.26. The lowest BCUT2D eigenvalue weighted by Crippen LogP contribution is -2.21. The fourth-order valence-electron chi connectivity index (χ4n) is 0.990. The number of carboxylic acids is 1. The predicted octanol–water partition coefficient (Wildman–Crippen LogP) is 0.770. The molecule has 16 heavy (non-hydrogen) atoms. The molecule has 0 spiro atoms. The highest BCUT2D eigenvalue weighted by Crippen LogP contribution is 2.25. The third kappa shape index (κ3) is 3.37. The van der Waals surface area contributed by atoms with Gasteiger partial charge < -0.3 is 20.1 Å². The van der Waals surface area contributed by atoms with Crippen molar-refractivity contribution in [2.24, 2.45) is 0 Å². The van der Waals surface area contributed by atoms with E-state index in [4.69, 9.17) is 31.7 Å². The van der Waals surface area contributed by atoms with Crippen LogP contribution in [0.15, 0.2) is 18.2 Å². The van der Waals surface area contributed by atoms with Crippen LogP contribution in [-0.2, 0) is 0 Å². The first-order valence-corrected chi connectivity index (χ1v) is 4.87. The minimum atomic E-state index is -1.08. The lowest BCUT2D eigenvalue weighted by Gasteiger charge is -2.11. The molecule has 0 radical (unpaired) electrons. The molecule has 0 aromatic heterocycles. The van der Waals surface area contributed by atoms with Gasteiger partial charge in [-0.1, -0.05) is 11.6 Å². The Morgan fingerprint density at radius 3 is 2.69 bits per heavy atom. The average molecular weight is 247 g/mol. The smallest absolute Gasteiger partial charge is 0.335 e. The number of carboxylic acid groups (broad SMARTS) is 1. The summed E-state index contributed by atoms with van der Waals surface area (Å²) >= 11 is 5.77. The summed E-state index contributed by atoms with van der Waals surface area (Å²) in [5, 5.41) is 26.4. The number of benzene rings is 1. The summed E-state index contributed by atoms with van der Waals surface area (Å²) in [6, 6.07) is 4.00. The summed E-state index contributed by atoms with van der Waals surface area (Å²) < 4.78 is 5.09. The Balaban J connectivity index is 2.72. The van der Waals surface area contributed by atoms with Gasteiger partial charge in [-0.05, 0) is 18.2 Å². The Hall–Kier alpha value is -1.30. The Labute approximate surface area is 96.9 Å². The van der Waals surface area contributed by atoms with Crippen LogP contribution >= 0.6 is 11.6 Å². The second kappa shape index (κ2) is 5.69. The van der Waals surface area contributed by atoms with Gasteiger partial charge in [-0.2, -0.15) is 0 Å². The topological polar surface area (TPSA) is 87.0 Å². The Morgan fingerprint density at radius 2 is 2.19 bits per heavy atom. The normalized spacial score (nSPS) is 12.2. The molecule has 1 rings (SSSR count). The van der Waals surface area contributed by atoms with E-state index in [0.717, 1.165) is 0 Å². The summed E-state index contributed by atoms with van der Waals surface area (Å²) in [6.45, 7) is -0.520. The molecular weight excluding hydrogens is 236 g/mol. The molecule has 0 fully saturated rings. The molecule has 1 aromatic carbocycles. The van der Waals surface area contributed by atoms with Crippen LogP contribution in [0.3, 0.4) is 0 Å². The lowest BCUT2D eigenvalue weighted by molar-refractivity contribution is 0.0536. The average Bonchev–Trinajstić information content (AvgIpc) is 2.26. The van der Waals surface area contributed by atoms with Crippen LogP contribution in [0, 0.1) is 0 Å². The fraction of sp³-hybridized carbons (Fsp3) is 0.300. The van der Waals surface area contributed by atoms with Gasteiger partial charge >= 0.3 is 5.97 Å². The van der Waals surface area contributed by atoms with Crippen molar-refractivity contribution in [2.75, 3.05) is 13.2 Å². The summed E-state index contributed by atoms with van der Waals surface area (Å²) in [7, 11) is 0. The van der Waals surface area contributed by atoms with Crippen molar-refractivity contribution in [1.82, 2.24) is 0 Å². The predicted molar refractivity (Wildman–Crippen MR) is 57.0 cm³/mol. The SMILES string of the molecule is O=C(O)c1ccc(OCC(O)CO)c(Cl)c1. The number of rotatable bonds is 5. The Kier molecular flexibility index (Phi) is 4.54. The van der Waals surface area contributed by atoms with E-state index >= 15 is 0 Å². The lowest BCUT2D eigenvalue weighted by atomic mass is 10.2.